The summed E-state index contributed by atoms with van der Waals surface area (Å²) in [6.45, 7) is 3.90. The number of aryl methyl sites for hydroxylation is 2. The van der Waals surface area contributed by atoms with Crippen molar-refractivity contribution in [1.29, 1.82) is 0 Å². The average molecular weight is 353 g/mol. The molecule has 2 aromatic carbocycles. The van der Waals surface area contributed by atoms with E-state index >= 15 is 0 Å². The summed E-state index contributed by atoms with van der Waals surface area (Å²) in [6, 6.07) is 8.96. The van der Waals surface area contributed by atoms with E-state index in [1.807, 2.05) is 32.0 Å². The summed E-state index contributed by atoms with van der Waals surface area (Å²) >= 11 is 12.1. The Morgan fingerprint density at radius 1 is 1.09 bits per heavy atom. The van der Waals surface area contributed by atoms with Crippen molar-refractivity contribution in [2.45, 2.75) is 13.8 Å². The second-order valence-electron chi connectivity index (χ2n) is 5.17. The fourth-order valence-electron chi connectivity index (χ4n) is 2.02. The van der Waals surface area contributed by atoms with Gasteiger partial charge in [0.2, 0.25) is 5.91 Å². The van der Waals surface area contributed by atoms with E-state index in [9.17, 15) is 4.79 Å². The Kier molecular flexibility index (Phi) is 5.74. The molecule has 0 aromatic heterocycles. The minimum absolute atomic E-state index is 0.100. The molecule has 0 unspecified atom stereocenters. The van der Waals surface area contributed by atoms with Gasteiger partial charge in [0.1, 0.15) is 5.75 Å². The van der Waals surface area contributed by atoms with E-state index in [-0.39, 0.29) is 12.5 Å². The number of benzene rings is 2. The highest BCUT2D eigenvalue weighted by atomic mass is 35.5. The fourth-order valence-corrected chi connectivity index (χ4v) is 2.36. The molecule has 2 N–H and O–H groups in total. The zero-order chi connectivity index (χ0) is 17.0. The number of nitrogens with one attached hydrogen (secondary N) is 2. The van der Waals surface area contributed by atoms with Gasteiger partial charge < -0.3 is 15.4 Å². The topological polar surface area (TPSA) is 50.4 Å². The van der Waals surface area contributed by atoms with Gasteiger partial charge in [-0.15, -0.1) is 0 Å². The first-order valence-corrected chi connectivity index (χ1v) is 7.80. The number of anilines is 2. The van der Waals surface area contributed by atoms with Gasteiger partial charge in [-0.2, -0.15) is 0 Å². The highest BCUT2D eigenvalue weighted by molar-refractivity contribution is 6.32. The van der Waals surface area contributed by atoms with E-state index in [2.05, 4.69) is 10.6 Å². The molecule has 0 saturated heterocycles. The largest absolute Gasteiger partial charge is 0.495 e. The Morgan fingerprint density at radius 3 is 2.43 bits per heavy atom. The SMILES string of the molecule is COc1cc(Cl)c(C)cc1NCC(=O)Nc1ccc(C)c(Cl)c1. The smallest absolute Gasteiger partial charge is 0.243 e. The molecule has 2 rings (SSSR count). The molecule has 0 radical (unpaired) electrons. The van der Waals surface area contributed by atoms with Crippen LogP contribution in [0.5, 0.6) is 5.75 Å². The molecule has 0 spiro atoms. The second-order valence-corrected chi connectivity index (χ2v) is 5.98. The third-order valence-corrected chi connectivity index (χ3v) is 4.19. The summed E-state index contributed by atoms with van der Waals surface area (Å²) in [4.78, 5) is 12.0. The van der Waals surface area contributed by atoms with Crippen molar-refractivity contribution in [3.05, 3.63) is 51.5 Å². The van der Waals surface area contributed by atoms with Crippen LogP contribution in [0.1, 0.15) is 11.1 Å². The molecular weight excluding hydrogens is 335 g/mol. The average Bonchev–Trinajstić information content (AvgIpc) is 2.51. The van der Waals surface area contributed by atoms with E-state index in [4.69, 9.17) is 27.9 Å². The summed E-state index contributed by atoms with van der Waals surface area (Å²) in [5.41, 5.74) is 3.24. The zero-order valence-corrected chi connectivity index (χ0v) is 14.7. The lowest BCUT2D eigenvalue weighted by molar-refractivity contribution is -0.114. The first kappa shape index (κ1) is 17.4. The molecule has 0 atom stereocenters. The molecule has 2 aromatic rings. The molecule has 0 bridgehead atoms. The maximum absolute atomic E-state index is 12.0. The van der Waals surface area contributed by atoms with Gasteiger partial charge in [0.25, 0.3) is 0 Å². The van der Waals surface area contributed by atoms with Gasteiger partial charge in [-0.1, -0.05) is 29.3 Å². The third kappa shape index (κ3) is 4.53. The summed E-state index contributed by atoms with van der Waals surface area (Å²) in [5.74, 6) is 0.409. The van der Waals surface area contributed by atoms with Crippen molar-refractivity contribution in [2.24, 2.45) is 0 Å². The lowest BCUT2D eigenvalue weighted by Crippen LogP contribution is -2.22. The molecule has 122 valence electrons. The molecule has 0 aliphatic carbocycles. The third-order valence-electron chi connectivity index (χ3n) is 3.38. The molecule has 0 saturated carbocycles. The minimum Gasteiger partial charge on any atom is -0.495 e. The highest BCUT2D eigenvalue weighted by Crippen LogP contribution is 2.30. The Morgan fingerprint density at radius 2 is 1.78 bits per heavy atom. The summed E-state index contributed by atoms with van der Waals surface area (Å²) in [7, 11) is 1.56. The number of rotatable bonds is 5. The Hall–Kier alpha value is -1.91. The minimum atomic E-state index is -0.181. The van der Waals surface area contributed by atoms with Crippen molar-refractivity contribution in [3.63, 3.8) is 0 Å². The van der Waals surface area contributed by atoms with E-state index in [0.717, 1.165) is 11.1 Å². The number of carbonyl (C=O) groups is 1. The van der Waals surface area contributed by atoms with E-state index in [1.165, 1.54) is 0 Å². The standard InChI is InChI=1S/C17H18Cl2N2O2/c1-10-4-5-12(7-13(10)18)21-17(22)9-20-15-6-11(2)14(19)8-16(15)23-3/h4-8,20H,9H2,1-3H3,(H,21,22). The van der Waals surface area contributed by atoms with Crippen molar-refractivity contribution >= 4 is 40.5 Å². The molecule has 6 heteroatoms. The number of methoxy groups -OCH3 is 1. The van der Waals surface area contributed by atoms with Crippen LogP contribution in [0.15, 0.2) is 30.3 Å². The quantitative estimate of drug-likeness (QED) is 0.821. The molecule has 0 heterocycles. The van der Waals surface area contributed by atoms with Crippen molar-refractivity contribution in [3.8, 4) is 5.75 Å². The van der Waals surface area contributed by atoms with Crippen molar-refractivity contribution in [1.82, 2.24) is 0 Å². The monoisotopic (exact) mass is 352 g/mol. The van der Waals surface area contributed by atoms with E-state index in [0.29, 0.717) is 27.2 Å². The van der Waals surface area contributed by atoms with Gasteiger partial charge in [-0.05, 0) is 43.2 Å². The maximum atomic E-state index is 12.0. The number of amides is 1. The Balaban J connectivity index is 2.01. The second kappa shape index (κ2) is 7.57. The van der Waals surface area contributed by atoms with Crippen LogP contribution in [0.4, 0.5) is 11.4 Å². The summed E-state index contributed by atoms with van der Waals surface area (Å²) < 4.78 is 5.26. The van der Waals surface area contributed by atoms with Gasteiger partial charge in [-0.25, -0.2) is 0 Å². The molecule has 4 nitrogen and oxygen atoms in total. The number of halogens is 2. The van der Waals surface area contributed by atoms with Gasteiger partial charge >= 0.3 is 0 Å². The van der Waals surface area contributed by atoms with Crippen LogP contribution in [0.25, 0.3) is 0 Å². The van der Waals surface area contributed by atoms with Gasteiger partial charge in [0.15, 0.2) is 0 Å². The molecule has 1 amide bonds. The Bertz CT molecular complexity index is 733. The van der Waals surface area contributed by atoms with Crippen molar-refractivity contribution < 1.29 is 9.53 Å². The molecule has 0 fully saturated rings. The number of carbonyl (C=O) groups excluding carboxylic acids is 1. The number of hydrogen-bond donors (Lipinski definition) is 2. The van der Waals surface area contributed by atoms with Crippen LogP contribution in [0.3, 0.4) is 0 Å². The van der Waals surface area contributed by atoms with Crippen LogP contribution in [0.2, 0.25) is 10.0 Å². The molecule has 0 aliphatic rings. The predicted octanol–water partition coefficient (Wildman–Crippen LogP) is 4.67. The van der Waals surface area contributed by atoms with Gasteiger partial charge in [0, 0.05) is 21.8 Å². The Labute approximate surface area is 145 Å². The van der Waals surface area contributed by atoms with Gasteiger partial charge in [-0.3, -0.25) is 4.79 Å². The van der Waals surface area contributed by atoms with E-state index < -0.39 is 0 Å². The van der Waals surface area contributed by atoms with Crippen molar-refractivity contribution in [2.75, 3.05) is 24.3 Å². The number of ether oxygens (including phenoxy) is 1. The van der Waals surface area contributed by atoms with Crippen LogP contribution in [0, 0.1) is 13.8 Å². The summed E-state index contributed by atoms with van der Waals surface area (Å²) in [5, 5.41) is 7.07. The maximum Gasteiger partial charge on any atom is 0.243 e. The number of hydrogen-bond acceptors (Lipinski definition) is 3. The molecule has 23 heavy (non-hydrogen) atoms. The van der Waals surface area contributed by atoms with Crippen LogP contribution in [-0.2, 0) is 4.79 Å². The molecular formula is C17H18Cl2N2O2. The summed E-state index contributed by atoms with van der Waals surface area (Å²) in [6.07, 6.45) is 0. The van der Waals surface area contributed by atoms with Gasteiger partial charge in [0.05, 0.1) is 19.3 Å². The molecule has 0 aliphatic heterocycles. The lowest BCUT2D eigenvalue weighted by Gasteiger charge is -2.13. The van der Waals surface area contributed by atoms with Crippen LogP contribution in [-0.4, -0.2) is 19.6 Å². The van der Waals surface area contributed by atoms with E-state index in [1.54, 1.807) is 19.2 Å². The predicted molar refractivity (Wildman–Crippen MR) is 96.0 cm³/mol. The zero-order valence-electron chi connectivity index (χ0n) is 13.2. The lowest BCUT2D eigenvalue weighted by atomic mass is 10.2. The normalized spacial score (nSPS) is 10.3. The fraction of sp³-hybridized carbons (Fsp3) is 0.235. The first-order valence-electron chi connectivity index (χ1n) is 7.04. The van der Waals surface area contributed by atoms with Crippen LogP contribution < -0.4 is 15.4 Å². The highest BCUT2D eigenvalue weighted by Gasteiger charge is 2.09. The van der Waals surface area contributed by atoms with Crippen LogP contribution >= 0.6 is 23.2 Å². The first-order chi connectivity index (χ1) is 10.9.